The largest absolute Gasteiger partial charge is 0.478 e. The number of anilines is 1. The number of nitrogen functional groups attached to an aromatic ring is 1. The molecule has 0 aromatic heterocycles. The molecule has 1 unspecified atom stereocenters. The van der Waals surface area contributed by atoms with Crippen LogP contribution in [0.2, 0.25) is 0 Å². The summed E-state index contributed by atoms with van der Waals surface area (Å²) in [6, 6.07) is 4.25. The summed E-state index contributed by atoms with van der Waals surface area (Å²) in [5.74, 6) is -2.07. The van der Waals surface area contributed by atoms with E-state index in [9.17, 15) is 9.59 Å². The minimum Gasteiger partial charge on any atom is -0.478 e. The smallest absolute Gasteiger partial charge is 0.337 e. The van der Waals surface area contributed by atoms with Gasteiger partial charge in [-0.3, -0.25) is 0 Å². The molecule has 1 aliphatic carbocycles. The Kier molecular flexibility index (Phi) is 4.09. The summed E-state index contributed by atoms with van der Waals surface area (Å²) in [6.07, 6.45) is 4.27. The van der Waals surface area contributed by atoms with Crippen molar-refractivity contribution in [3.8, 4) is 0 Å². The molecule has 0 radical (unpaired) electrons. The molecule has 0 aliphatic heterocycles. The summed E-state index contributed by atoms with van der Waals surface area (Å²) < 4.78 is 0. The van der Waals surface area contributed by atoms with E-state index in [1.54, 1.807) is 18.2 Å². The van der Waals surface area contributed by atoms with Gasteiger partial charge in [0.1, 0.15) is 0 Å². The maximum Gasteiger partial charge on any atom is 0.337 e. The standard InChI is InChI=1S/C15H16N2O4/c16-12-6-8(1-3-10(12)14(18)19)5-9-2-4-11(15(20)21)13(17)7-9/h1-4,6,13H,5,7,16-17H2,(H,18,19)(H,20,21). The van der Waals surface area contributed by atoms with Gasteiger partial charge < -0.3 is 21.7 Å². The number of hydrogen-bond acceptors (Lipinski definition) is 4. The molecular weight excluding hydrogens is 272 g/mol. The van der Waals surface area contributed by atoms with Crippen LogP contribution in [0.1, 0.15) is 22.3 Å². The van der Waals surface area contributed by atoms with Gasteiger partial charge in [-0.2, -0.15) is 0 Å². The van der Waals surface area contributed by atoms with Crippen molar-refractivity contribution >= 4 is 17.6 Å². The fourth-order valence-electron chi connectivity index (χ4n) is 2.33. The summed E-state index contributed by atoms with van der Waals surface area (Å²) in [4.78, 5) is 21.8. The lowest BCUT2D eigenvalue weighted by molar-refractivity contribution is -0.132. The van der Waals surface area contributed by atoms with Crippen LogP contribution < -0.4 is 11.5 Å². The molecule has 0 saturated carbocycles. The molecule has 0 spiro atoms. The maximum absolute atomic E-state index is 10.9. The van der Waals surface area contributed by atoms with E-state index in [4.69, 9.17) is 21.7 Å². The molecule has 1 atom stereocenters. The zero-order valence-electron chi connectivity index (χ0n) is 11.2. The molecule has 1 aromatic rings. The summed E-state index contributed by atoms with van der Waals surface area (Å²) >= 11 is 0. The van der Waals surface area contributed by atoms with Gasteiger partial charge in [0.25, 0.3) is 0 Å². The lowest BCUT2D eigenvalue weighted by atomic mass is 9.90. The van der Waals surface area contributed by atoms with Crippen LogP contribution in [0.5, 0.6) is 0 Å². The topological polar surface area (TPSA) is 127 Å². The molecule has 0 saturated heterocycles. The Hall–Kier alpha value is -2.60. The van der Waals surface area contributed by atoms with Crippen molar-refractivity contribution in [2.24, 2.45) is 5.73 Å². The molecule has 6 N–H and O–H groups in total. The van der Waals surface area contributed by atoms with Crippen LogP contribution in [0, 0.1) is 0 Å². The zero-order valence-corrected chi connectivity index (χ0v) is 11.2. The number of aliphatic carboxylic acids is 1. The van der Waals surface area contributed by atoms with E-state index in [0.29, 0.717) is 12.8 Å². The van der Waals surface area contributed by atoms with Crippen molar-refractivity contribution in [3.05, 3.63) is 52.6 Å². The Morgan fingerprint density at radius 3 is 2.43 bits per heavy atom. The molecule has 6 heteroatoms. The monoisotopic (exact) mass is 288 g/mol. The number of allylic oxidation sites excluding steroid dienone is 2. The average molecular weight is 288 g/mol. The minimum absolute atomic E-state index is 0.0705. The molecule has 1 aliphatic rings. The Bertz CT molecular complexity index is 662. The second-order valence-corrected chi connectivity index (χ2v) is 4.97. The van der Waals surface area contributed by atoms with Crippen LogP contribution in [0.3, 0.4) is 0 Å². The van der Waals surface area contributed by atoms with Gasteiger partial charge >= 0.3 is 11.9 Å². The highest BCUT2D eigenvalue weighted by molar-refractivity contribution is 5.93. The Balaban J connectivity index is 2.18. The lowest BCUT2D eigenvalue weighted by Gasteiger charge is -2.19. The van der Waals surface area contributed by atoms with E-state index in [1.807, 2.05) is 0 Å². The number of benzene rings is 1. The Labute approximate surface area is 121 Å². The first kappa shape index (κ1) is 14.8. The van der Waals surface area contributed by atoms with Gasteiger partial charge in [-0.25, -0.2) is 9.59 Å². The summed E-state index contributed by atoms with van der Waals surface area (Å²) in [6.45, 7) is 0. The molecule has 110 valence electrons. The Morgan fingerprint density at radius 1 is 1.19 bits per heavy atom. The SMILES string of the molecule is Nc1cc(CC2=CC=C(C(=O)O)C(N)C2)ccc1C(=O)O. The van der Waals surface area contributed by atoms with Crippen LogP contribution in [0.4, 0.5) is 5.69 Å². The number of hydrogen-bond donors (Lipinski definition) is 4. The first-order valence-electron chi connectivity index (χ1n) is 6.38. The molecular formula is C15H16N2O4. The minimum atomic E-state index is -1.06. The van der Waals surface area contributed by atoms with Gasteiger partial charge in [0, 0.05) is 11.7 Å². The molecule has 0 amide bonds. The van der Waals surface area contributed by atoms with E-state index >= 15 is 0 Å². The van der Waals surface area contributed by atoms with Crippen LogP contribution in [-0.4, -0.2) is 28.2 Å². The van der Waals surface area contributed by atoms with Crippen molar-refractivity contribution in [1.82, 2.24) is 0 Å². The summed E-state index contributed by atoms with van der Waals surface area (Å²) in [7, 11) is 0. The number of nitrogens with two attached hydrogens (primary N) is 2. The number of aromatic carboxylic acids is 1. The Morgan fingerprint density at radius 2 is 1.90 bits per heavy atom. The molecule has 6 nitrogen and oxygen atoms in total. The molecule has 21 heavy (non-hydrogen) atoms. The maximum atomic E-state index is 10.9. The predicted octanol–water partition coefficient (Wildman–Crippen LogP) is 1.18. The van der Waals surface area contributed by atoms with Gasteiger partial charge in [-0.05, 0) is 30.5 Å². The van der Waals surface area contributed by atoms with Crippen molar-refractivity contribution in [3.63, 3.8) is 0 Å². The molecule has 0 heterocycles. The van der Waals surface area contributed by atoms with Crippen molar-refractivity contribution in [2.45, 2.75) is 18.9 Å². The third-order valence-corrected chi connectivity index (χ3v) is 3.40. The van der Waals surface area contributed by atoms with Crippen molar-refractivity contribution in [1.29, 1.82) is 0 Å². The summed E-state index contributed by atoms with van der Waals surface area (Å²) in [5, 5.41) is 17.9. The number of carboxylic acids is 2. The van der Waals surface area contributed by atoms with E-state index < -0.39 is 18.0 Å². The van der Waals surface area contributed by atoms with Crippen LogP contribution >= 0.6 is 0 Å². The van der Waals surface area contributed by atoms with E-state index in [-0.39, 0.29) is 16.8 Å². The van der Waals surface area contributed by atoms with Gasteiger partial charge in [0.15, 0.2) is 0 Å². The third-order valence-electron chi connectivity index (χ3n) is 3.40. The fourth-order valence-corrected chi connectivity index (χ4v) is 2.33. The highest BCUT2D eigenvalue weighted by atomic mass is 16.4. The quantitative estimate of drug-likeness (QED) is 0.616. The normalized spacial score (nSPS) is 17.9. The summed E-state index contributed by atoms with van der Waals surface area (Å²) in [5.41, 5.74) is 13.8. The van der Waals surface area contributed by atoms with Gasteiger partial charge in [-0.1, -0.05) is 23.8 Å². The predicted molar refractivity (Wildman–Crippen MR) is 77.9 cm³/mol. The first-order chi connectivity index (χ1) is 9.88. The van der Waals surface area contributed by atoms with Gasteiger partial charge in [0.05, 0.1) is 11.1 Å². The molecule has 0 bridgehead atoms. The fraction of sp³-hybridized carbons (Fsp3) is 0.200. The number of carboxylic acid groups (broad SMARTS) is 2. The highest BCUT2D eigenvalue weighted by Gasteiger charge is 2.21. The number of carbonyl (C=O) groups is 2. The first-order valence-corrected chi connectivity index (χ1v) is 6.38. The van der Waals surface area contributed by atoms with Crippen LogP contribution in [0.25, 0.3) is 0 Å². The average Bonchev–Trinajstić information content (AvgIpc) is 2.37. The third kappa shape index (κ3) is 3.29. The van der Waals surface area contributed by atoms with Crippen LogP contribution in [-0.2, 0) is 11.2 Å². The van der Waals surface area contributed by atoms with E-state index in [1.165, 1.54) is 12.1 Å². The number of rotatable bonds is 4. The van der Waals surface area contributed by atoms with Crippen molar-refractivity contribution < 1.29 is 19.8 Å². The van der Waals surface area contributed by atoms with Crippen molar-refractivity contribution in [2.75, 3.05) is 5.73 Å². The van der Waals surface area contributed by atoms with Crippen LogP contribution in [0.15, 0.2) is 41.5 Å². The second kappa shape index (κ2) is 5.80. The van der Waals surface area contributed by atoms with E-state index in [0.717, 1.165) is 11.1 Å². The highest BCUT2D eigenvalue weighted by Crippen LogP contribution is 2.23. The second-order valence-electron chi connectivity index (χ2n) is 4.97. The molecule has 1 aromatic carbocycles. The van der Waals surface area contributed by atoms with Gasteiger partial charge in [0.2, 0.25) is 0 Å². The lowest BCUT2D eigenvalue weighted by Crippen LogP contribution is -2.29. The molecule has 2 rings (SSSR count). The molecule has 0 fully saturated rings. The van der Waals surface area contributed by atoms with E-state index in [2.05, 4.69) is 0 Å². The zero-order chi connectivity index (χ0) is 15.6. The van der Waals surface area contributed by atoms with Gasteiger partial charge in [-0.15, -0.1) is 0 Å².